The summed E-state index contributed by atoms with van der Waals surface area (Å²) in [5, 5.41) is 18.8. The third-order valence-electron chi connectivity index (χ3n) is 8.55. The van der Waals surface area contributed by atoms with Crippen LogP contribution in [0.4, 0.5) is 22.9 Å². The van der Waals surface area contributed by atoms with Crippen molar-refractivity contribution in [2.24, 2.45) is 11.8 Å². The molecule has 2 heterocycles. The molecule has 1 aromatic carbocycles. The fraction of sp³-hybridized carbons (Fsp3) is 0.543. The van der Waals surface area contributed by atoms with Crippen molar-refractivity contribution in [2.75, 3.05) is 35.3 Å². The quantitative estimate of drug-likeness (QED) is 0.134. The molecule has 2 saturated carbocycles. The summed E-state index contributed by atoms with van der Waals surface area (Å²) in [6.07, 6.45) is 9.28. The predicted molar refractivity (Wildman–Crippen MR) is 178 cm³/mol. The molecule has 1 aliphatic heterocycles. The lowest BCUT2D eigenvalue weighted by Gasteiger charge is -2.29. The smallest absolute Gasteiger partial charge is 0.308 e. The van der Waals surface area contributed by atoms with Crippen LogP contribution in [0.15, 0.2) is 24.3 Å². The van der Waals surface area contributed by atoms with Crippen LogP contribution in [0.2, 0.25) is 0 Å². The van der Waals surface area contributed by atoms with Crippen molar-refractivity contribution in [2.45, 2.75) is 92.1 Å². The van der Waals surface area contributed by atoms with Gasteiger partial charge in [0.1, 0.15) is 17.6 Å². The zero-order valence-electron chi connectivity index (χ0n) is 27.2. The van der Waals surface area contributed by atoms with E-state index >= 15 is 0 Å². The molecular weight excluding hydrogens is 554 g/mol. The highest BCUT2D eigenvalue weighted by molar-refractivity contribution is 6.12. The lowest BCUT2D eigenvalue weighted by molar-refractivity contribution is -0.122. The number of nitrogens with one attached hydrogen (secondary N) is 2. The van der Waals surface area contributed by atoms with Gasteiger partial charge in [-0.05, 0) is 119 Å². The van der Waals surface area contributed by atoms with E-state index in [1.165, 1.54) is 31.2 Å². The molecule has 1 unspecified atom stereocenters. The highest BCUT2D eigenvalue weighted by Gasteiger charge is 2.37. The maximum Gasteiger partial charge on any atom is 0.308 e. The molecule has 44 heavy (non-hydrogen) atoms. The minimum absolute atomic E-state index is 0.0334. The molecule has 3 aliphatic rings. The number of anilines is 4. The van der Waals surface area contributed by atoms with Gasteiger partial charge in [-0.15, -0.1) is 0 Å². The minimum atomic E-state index is -0.338. The van der Waals surface area contributed by atoms with Gasteiger partial charge in [-0.1, -0.05) is 26.2 Å². The summed E-state index contributed by atoms with van der Waals surface area (Å²) in [7, 11) is 1.81. The van der Waals surface area contributed by atoms with Crippen LogP contribution in [0.25, 0.3) is 0 Å². The summed E-state index contributed by atoms with van der Waals surface area (Å²) in [5.41, 5.74) is 5.23. The Morgan fingerprint density at radius 2 is 1.75 bits per heavy atom. The van der Waals surface area contributed by atoms with Crippen molar-refractivity contribution in [1.82, 2.24) is 4.98 Å². The Morgan fingerprint density at radius 1 is 1.09 bits per heavy atom. The molecule has 3 fully saturated rings. The number of nitrogens with zero attached hydrogens (tertiary/aromatic N) is 3. The number of aryl methyl sites for hydroxylation is 2. The van der Waals surface area contributed by atoms with E-state index in [9.17, 15) is 4.79 Å². The Morgan fingerprint density at radius 3 is 2.36 bits per heavy atom. The van der Waals surface area contributed by atoms with Crippen molar-refractivity contribution in [1.29, 1.82) is 5.41 Å². The number of carbonyl (C=O) groups excluding carboxylic acids is 1. The molecule has 1 aromatic heterocycles. The van der Waals surface area contributed by atoms with Gasteiger partial charge in [-0.25, -0.2) is 4.98 Å². The second-order valence-corrected chi connectivity index (χ2v) is 11.4. The predicted octanol–water partition coefficient (Wildman–Crippen LogP) is 7.07. The zero-order valence-corrected chi connectivity index (χ0v) is 27.2. The number of rotatable bonds is 7. The summed E-state index contributed by atoms with van der Waals surface area (Å²) in [4.78, 5) is 30.9. The first kappa shape index (κ1) is 34.4. The first-order valence-electron chi connectivity index (χ1n) is 16.0. The van der Waals surface area contributed by atoms with Gasteiger partial charge in [0.05, 0.1) is 17.1 Å². The van der Waals surface area contributed by atoms with E-state index in [0.717, 1.165) is 67.5 Å². The Balaban J connectivity index is 0.000000997. The van der Waals surface area contributed by atoms with Crippen molar-refractivity contribution in [3.05, 3.63) is 41.1 Å². The third-order valence-corrected chi connectivity index (χ3v) is 8.55. The van der Waals surface area contributed by atoms with Crippen molar-refractivity contribution in [3.63, 3.8) is 0 Å². The normalized spacial score (nSPS) is 17.5. The molecule has 3 N–H and O–H groups in total. The molecule has 5 rings (SSSR count). The molecule has 1 amide bonds. The number of amides is 1. The van der Waals surface area contributed by atoms with Crippen LogP contribution in [0.5, 0.6) is 0 Å². The number of hydrogen-bond acceptors (Lipinski definition) is 7. The molecule has 9 heteroatoms. The van der Waals surface area contributed by atoms with Gasteiger partial charge in [0.2, 0.25) is 5.90 Å². The molecule has 1 atom stereocenters. The van der Waals surface area contributed by atoms with E-state index in [4.69, 9.17) is 25.0 Å². The number of pyridine rings is 1. The lowest BCUT2D eigenvalue weighted by Crippen LogP contribution is -2.30. The van der Waals surface area contributed by atoms with Gasteiger partial charge in [0, 0.05) is 20.1 Å². The summed E-state index contributed by atoms with van der Waals surface area (Å²) < 4.78 is 6.09. The molecule has 0 spiro atoms. The summed E-state index contributed by atoms with van der Waals surface area (Å²) in [6.45, 7) is 11.6. The molecule has 2 aromatic rings. The van der Waals surface area contributed by atoms with Gasteiger partial charge in [-0.2, -0.15) is 0 Å². The molecule has 2 aliphatic carbocycles. The standard InChI is InChI=1S/C32H41N5O2.C2H6.CH2O2/c1-5-9-30(38)37(28-19-22(3)21(2)18-27(28)36-17-16-24(20-36)23-12-13-23)29-15-14-26(34-4)31(35-29)32(33)39-25-10-7-6-8-11-25;1-2;2-1-3/h14-15,18-19,23-25,33-34H,6-8,10-13,16-17,20H2,1-4H3;1-2H3;1H,(H,2,3). The van der Waals surface area contributed by atoms with E-state index in [-0.39, 0.29) is 24.4 Å². The number of benzene rings is 1. The van der Waals surface area contributed by atoms with Crippen LogP contribution >= 0.6 is 0 Å². The largest absolute Gasteiger partial charge is 0.483 e. The lowest BCUT2D eigenvalue weighted by atomic mass is 9.98. The fourth-order valence-corrected chi connectivity index (χ4v) is 6.03. The molecule has 0 bridgehead atoms. The number of hydrogen-bond donors (Lipinski definition) is 3. The SMILES string of the molecule is CC.CC#CC(=O)N(c1ccc(NC)c(C(=N)OC2CCCCC2)n1)c1cc(C)c(C)cc1N1CCC(C2CC2)C1.O=CO. The van der Waals surface area contributed by atoms with E-state index in [1.807, 2.05) is 33.0 Å². The maximum atomic E-state index is 13.6. The second-order valence-electron chi connectivity index (χ2n) is 11.4. The monoisotopic (exact) mass is 603 g/mol. The van der Waals surface area contributed by atoms with E-state index in [1.54, 1.807) is 11.8 Å². The summed E-state index contributed by atoms with van der Waals surface area (Å²) >= 11 is 0. The van der Waals surface area contributed by atoms with Gasteiger partial charge in [0.15, 0.2) is 0 Å². The molecule has 9 nitrogen and oxygen atoms in total. The van der Waals surface area contributed by atoms with Crippen LogP contribution in [-0.2, 0) is 14.3 Å². The van der Waals surface area contributed by atoms with Gasteiger partial charge >= 0.3 is 5.91 Å². The Bertz CT molecular complexity index is 1350. The topological polar surface area (TPSA) is 119 Å². The van der Waals surface area contributed by atoms with E-state index in [0.29, 0.717) is 17.2 Å². The summed E-state index contributed by atoms with van der Waals surface area (Å²) in [6, 6.07) is 7.99. The van der Waals surface area contributed by atoms with Gasteiger partial charge in [-0.3, -0.25) is 19.9 Å². The Kier molecular flexibility index (Phi) is 13.1. The Labute approximate surface area is 262 Å². The van der Waals surface area contributed by atoms with Gasteiger partial charge < -0.3 is 20.1 Å². The second kappa shape index (κ2) is 16.7. The van der Waals surface area contributed by atoms with Crippen LogP contribution in [0.1, 0.15) is 89.0 Å². The zero-order chi connectivity index (χ0) is 32.2. The minimum Gasteiger partial charge on any atom is -0.483 e. The van der Waals surface area contributed by atoms with Gasteiger partial charge in [0.25, 0.3) is 6.47 Å². The number of ether oxygens (including phenoxy) is 1. The Hall–Kier alpha value is -4.06. The van der Waals surface area contributed by atoms with Crippen LogP contribution < -0.4 is 15.1 Å². The van der Waals surface area contributed by atoms with E-state index < -0.39 is 0 Å². The third kappa shape index (κ3) is 8.52. The van der Waals surface area contributed by atoms with Crippen LogP contribution in [0, 0.1) is 42.9 Å². The average molecular weight is 604 g/mol. The van der Waals surface area contributed by atoms with Crippen molar-refractivity contribution >= 4 is 41.2 Å². The molecule has 238 valence electrons. The van der Waals surface area contributed by atoms with E-state index in [2.05, 4.69) is 48.0 Å². The first-order chi connectivity index (χ1) is 21.3. The average Bonchev–Trinajstić information content (AvgIpc) is 3.77. The summed E-state index contributed by atoms with van der Waals surface area (Å²) in [5.74, 6) is 7.24. The van der Waals surface area contributed by atoms with Crippen molar-refractivity contribution in [3.8, 4) is 11.8 Å². The maximum absolute atomic E-state index is 13.6. The first-order valence-corrected chi connectivity index (χ1v) is 16.0. The van der Waals surface area contributed by atoms with Crippen molar-refractivity contribution < 1.29 is 19.4 Å². The van der Waals surface area contributed by atoms with Crippen LogP contribution in [0.3, 0.4) is 0 Å². The number of carbonyl (C=O) groups is 2. The molecule has 0 radical (unpaired) electrons. The number of carboxylic acid groups (broad SMARTS) is 1. The number of aromatic nitrogens is 1. The molecule has 1 saturated heterocycles. The highest BCUT2D eigenvalue weighted by Crippen LogP contribution is 2.45. The molecular formula is C35H49N5O4. The van der Waals surface area contributed by atoms with Crippen LogP contribution in [-0.4, -0.2) is 54.6 Å². The fourth-order valence-electron chi connectivity index (χ4n) is 6.03. The highest BCUT2D eigenvalue weighted by atomic mass is 16.5.